The zero-order valence-corrected chi connectivity index (χ0v) is 7.77. The summed E-state index contributed by atoms with van der Waals surface area (Å²) >= 11 is 0. The van der Waals surface area contributed by atoms with Gasteiger partial charge in [-0.2, -0.15) is 0 Å². The summed E-state index contributed by atoms with van der Waals surface area (Å²) in [5, 5.41) is 0. The number of rotatable bonds is 3. The Bertz CT molecular complexity index is 176. The number of Topliss-reactive ketones (excluding diaryl/α,β-unsaturated/α-hetero) is 1. The van der Waals surface area contributed by atoms with Crippen LogP contribution in [0.15, 0.2) is 11.3 Å². The standard InChI is InChI=1S/C9H17NO/c1-5-8(11)9(6(2)3)7(4)10/h6H,5,10H2,1-4H3/b9-7-. The average molecular weight is 155 g/mol. The highest BCUT2D eigenvalue weighted by molar-refractivity contribution is 5.95. The third-order valence-electron chi connectivity index (χ3n) is 1.62. The van der Waals surface area contributed by atoms with Gasteiger partial charge in [0, 0.05) is 17.7 Å². The van der Waals surface area contributed by atoms with Crippen LogP contribution in [0.25, 0.3) is 0 Å². The fraction of sp³-hybridized carbons (Fsp3) is 0.667. The van der Waals surface area contributed by atoms with E-state index in [1.54, 1.807) is 6.92 Å². The molecule has 0 saturated carbocycles. The van der Waals surface area contributed by atoms with Gasteiger partial charge < -0.3 is 5.73 Å². The molecule has 0 fully saturated rings. The Morgan fingerprint density at radius 1 is 1.45 bits per heavy atom. The topological polar surface area (TPSA) is 43.1 Å². The van der Waals surface area contributed by atoms with Gasteiger partial charge in [0.15, 0.2) is 5.78 Å². The number of carbonyl (C=O) groups excluding carboxylic acids is 1. The average Bonchev–Trinajstić information content (AvgIpc) is 1.85. The summed E-state index contributed by atoms with van der Waals surface area (Å²) < 4.78 is 0. The quantitative estimate of drug-likeness (QED) is 0.632. The van der Waals surface area contributed by atoms with Gasteiger partial charge in [-0.1, -0.05) is 20.8 Å². The number of hydrogen-bond donors (Lipinski definition) is 1. The Labute approximate surface area is 68.5 Å². The maximum absolute atomic E-state index is 11.3. The van der Waals surface area contributed by atoms with E-state index in [-0.39, 0.29) is 11.7 Å². The second-order valence-electron chi connectivity index (χ2n) is 3.03. The zero-order chi connectivity index (χ0) is 9.02. The highest BCUT2D eigenvalue weighted by Gasteiger charge is 2.12. The van der Waals surface area contributed by atoms with Gasteiger partial charge in [-0.3, -0.25) is 4.79 Å². The predicted molar refractivity (Wildman–Crippen MR) is 47.0 cm³/mol. The van der Waals surface area contributed by atoms with E-state index < -0.39 is 0 Å². The van der Waals surface area contributed by atoms with Crippen LogP contribution in [-0.4, -0.2) is 5.78 Å². The minimum Gasteiger partial charge on any atom is -0.402 e. The van der Waals surface area contributed by atoms with Crippen molar-refractivity contribution in [1.29, 1.82) is 0 Å². The lowest BCUT2D eigenvalue weighted by molar-refractivity contribution is -0.115. The van der Waals surface area contributed by atoms with Gasteiger partial charge in [-0.15, -0.1) is 0 Å². The molecule has 0 unspecified atom stereocenters. The molecule has 11 heavy (non-hydrogen) atoms. The Morgan fingerprint density at radius 2 is 1.91 bits per heavy atom. The number of ketones is 1. The first kappa shape index (κ1) is 10.2. The number of allylic oxidation sites excluding steroid dienone is 2. The van der Waals surface area contributed by atoms with Crippen LogP contribution in [0.1, 0.15) is 34.1 Å². The van der Waals surface area contributed by atoms with Crippen molar-refractivity contribution >= 4 is 5.78 Å². The summed E-state index contributed by atoms with van der Waals surface area (Å²) in [5.74, 6) is 0.410. The van der Waals surface area contributed by atoms with E-state index in [1.807, 2.05) is 20.8 Å². The Balaban J connectivity index is 4.64. The lowest BCUT2D eigenvalue weighted by Gasteiger charge is -2.10. The van der Waals surface area contributed by atoms with Crippen molar-refractivity contribution in [2.45, 2.75) is 34.1 Å². The summed E-state index contributed by atoms with van der Waals surface area (Å²) in [6.45, 7) is 7.61. The van der Waals surface area contributed by atoms with Gasteiger partial charge in [0.1, 0.15) is 0 Å². The minimum absolute atomic E-state index is 0.167. The number of carbonyl (C=O) groups is 1. The molecule has 0 aromatic rings. The van der Waals surface area contributed by atoms with Crippen LogP contribution in [0.5, 0.6) is 0 Å². The van der Waals surface area contributed by atoms with Crippen molar-refractivity contribution in [1.82, 2.24) is 0 Å². The molecule has 0 aromatic carbocycles. The fourth-order valence-electron chi connectivity index (χ4n) is 1.19. The fourth-order valence-corrected chi connectivity index (χ4v) is 1.19. The molecule has 2 nitrogen and oxygen atoms in total. The highest BCUT2D eigenvalue weighted by Crippen LogP contribution is 2.14. The van der Waals surface area contributed by atoms with E-state index in [9.17, 15) is 4.79 Å². The zero-order valence-electron chi connectivity index (χ0n) is 7.77. The van der Waals surface area contributed by atoms with E-state index in [0.29, 0.717) is 12.1 Å². The van der Waals surface area contributed by atoms with Gasteiger partial charge in [0.05, 0.1) is 0 Å². The molecule has 0 bridgehead atoms. The first-order valence-electron chi connectivity index (χ1n) is 4.00. The number of hydrogen-bond acceptors (Lipinski definition) is 2. The van der Waals surface area contributed by atoms with Gasteiger partial charge in [0.2, 0.25) is 0 Å². The second-order valence-corrected chi connectivity index (χ2v) is 3.03. The predicted octanol–water partition coefficient (Wildman–Crippen LogP) is 1.85. The molecular formula is C9H17NO. The third kappa shape index (κ3) is 2.74. The lowest BCUT2D eigenvalue weighted by atomic mass is 9.96. The smallest absolute Gasteiger partial charge is 0.160 e. The Hall–Kier alpha value is -0.790. The van der Waals surface area contributed by atoms with Crippen molar-refractivity contribution in [3.63, 3.8) is 0 Å². The molecule has 0 aliphatic heterocycles. The maximum Gasteiger partial charge on any atom is 0.160 e. The van der Waals surface area contributed by atoms with Crippen molar-refractivity contribution < 1.29 is 4.79 Å². The monoisotopic (exact) mass is 155 g/mol. The molecule has 0 saturated heterocycles. The molecule has 0 aliphatic carbocycles. The van der Waals surface area contributed by atoms with Gasteiger partial charge in [0.25, 0.3) is 0 Å². The van der Waals surface area contributed by atoms with Gasteiger partial charge in [-0.25, -0.2) is 0 Å². The summed E-state index contributed by atoms with van der Waals surface area (Å²) in [5.41, 5.74) is 7.02. The highest BCUT2D eigenvalue weighted by atomic mass is 16.1. The summed E-state index contributed by atoms with van der Waals surface area (Å²) in [7, 11) is 0. The maximum atomic E-state index is 11.3. The van der Waals surface area contributed by atoms with E-state index in [2.05, 4.69) is 0 Å². The van der Waals surface area contributed by atoms with Crippen LogP contribution in [-0.2, 0) is 4.79 Å². The van der Waals surface area contributed by atoms with Crippen LogP contribution in [0.2, 0.25) is 0 Å². The van der Waals surface area contributed by atoms with Gasteiger partial charge in [-0.05, 0) is 12.8 Å². The second kappa shape index (κ2) is 4.16. The molecule has 64 valence electrons. The van der Waals surface area contributed by atoms with Crippen LogP contribution >= 0.6 is 0 Å². The molecular weight excluding hydrogens is 138 g/mol. The summed E-state index contributed by atoms with van der Waals surface area (Å²) in [6, 6.07) is 0. The summed E-state index contributed by atoms with van der Waals surface area (Å²) in [6.07, 6.45) is 0.544. The van der Waals surface area contributed by atoms with E-state index in [0.717, 1.165) is 5.57 Å². The molecule has 2 heteroatoms. The Kier molecular flexibility index (Phi) is 3.86. The molecule has 0 aromatic heterocycles. The Morgan fingerprint density at radius 3 is 2.00 bits per heavy atom. The SMILES string of the molecule is CCC(=O)/C(=C(/C)N)C(C)C. The van der Waals surface area contributed by atoms with Crippen molar-refractivity contribution in [3.8, 4) is 0 Å². The first-order valence-corrected chi connectivity index (χ1v) is 4.00. The van der Waals surface area contributed by atoms with E-state index in [1.165, 1.54) is 0 Å². The number of nitrogens with two attached hydrogens (primary N) is 1. The van der Waals surface area contributed by atoms with Crippen molar-refractivity contribution in [2.75, 3.05) is 0 Å². The first-order chi connectivity index (χ1) is 5.00. The van der Waals surface area contributed by atoms with Crippen LogP contribution in [0.3, 0.4) is 0 Å². The summed E-state index contributed by atoms with van der Waals surface area (Å²) in [4.78, 5) is 11.3. The van der Waals surface area contributed by atoms with E-state index >= 15 is 0 Å². The van der Waals surface area contributed by atoms with Crippen molar-refractivity contribution in [3.05, 3.63) is 11.3 Å². The molecule has 0 radical (unpaired) electrons. The van der Waals surface area contributed by atoms with Crippen LogP contribution < -0.4 is 5.73 Å². The molecule has 0 rings (SSSR count). The molecule has 0 aliphatic rings. The lowest BCUT2D eigenvalue weighted by Crippen LogP contribution is -2.13. The molecule has 0 spiro atoms. The molecule has 0 atom stereocenters. The largest absolute Gasteiger partial charge is 0.402 e. The molecule has 2 N–H and O–H groups in total. The van der Waals surface area contributed by atoms with Crippen molar-refractivity contribution in [2.24, 2.45) is 11.7 Å². The third-order valence-corrected chi connectivity index (χ3v) is 1.62. The van der Waals surface area contributed by atoms with Gasteiger partial charge >= 0.3 is 0 Å². The molecule has 0 amide bonds. The minimum atomic E-state index is 0.167. The van der Waals surface area contributed by atoms with E-state index in [4.69, 9.17) is 5.73 Å². The molecule has 0 heterocycles. The van der Waals surface area contributed by atoms with Crippen LogP contribution in [0, 0.1) is 5.92 Å². The van der Waals surface area contributed by atoms with Crippen LogP contribution in [0.4, 0.5) is 0 Å². The normalized spacial score (nSPS) is 13.2.